The van der Waals surface area contributed by atoms with Crippen molar-refractivity contribution in [2.75, 3.05) is 19.8 Å². The van der Waals surface area contributed by atoms with E-state index in [1.54, 1.807) is 0 Å². The van der Waals surface area contributed by atoms with Crippen LogP contribution in [-0.4, -0.2) is 40.3 Å². The summed E-state index contributed by atoms with van der Waals surface area (Å²) < 4.78 is 5.62. The summed E-state index contributed by atoms with van der Waals surface area (Å²) in [5, 5.41) is 10.1. The van der Waals surface area contributed by atoms with E-state index in [1.807, 2.05) is 25.3 Å². The summed E-state index contributed by atoms with van der Waals surface area (Å²) in [5.74, 6) is 0. The highest BCUT2D eigenvalue weighted by Crippen LogP contribution is 2.29. The summed E-state index contributed by atoms with van der Waals surface area (Å²) in [6.45, 7) is 4.99. The molecular weight excluding hydrogens is 288 g/mol. The smallest absolute Gasteiger partial charge is 0.0703 e. The number of nitrogens with zero attached hydrogens (tertiary/aromatic N) is 2. The van der Waals surface area contributed by atoms with Crippen LogP contribution in [0.2, 0.25) is 0 Å². The summed E-state index contributed by atoms with van der Waals surface area (Å²) in [4.78, 5) is 6.62. The maximum Gasteiger partial charge on any atom is 0.0703 e. The lowest BCUT2D eigenvalue weighted by molar-refractivity contribution is 0.00761. The molecule has 1 aliphatic rings. The van der Waals surface area contributed by atoms with Crippen LogP contribution < -0.4 is 0 Å². The topological polar surface area (TPSA) is 45.6 Å². The van der Waals surface area contributed by atoms with E-state index in [1.165, 1.54) is 11.1 Å². The molecule has 1 aliphatic heterocycles. The van der Waals surface area contributed by atoms with Crippen LogP contribution >= 0.6 is 0 Å². The van der Waals surface area contributed by atoms with Gasteiger partial charge in [0.2, 0.25) is 0 Å². The van der Waals surface area contributed by atoms with Gasteiger partial charge in [0.1, 0.15) is 0 Å². The second-order valence-corrected chi connectivity index (χ2v) is 6.33. The molecule has 1 saturated heterocycles. The number of hydrogen-bond acceptors (Lipinski definition) is 4. The first-order chi connectivity index (χ1) is 11.2. The Kier molecular flexibility index (Phi) is 5.06. The molecular formula is C19H24N2O2. The van der Waals surface area contributed by atoms with Crippen LogP contribution in [-0.2, 0) is 17.8 Å². The van der Waals surface area contributed by atoms with Crippen molar-refractivity contribution in [1.82, 2.24) is 9.88 Å². The molecule has 0 spiro atoms. The Labute approximate surface area is 137 Å². The minimum atomic E-state index is -0.299. The van der Waals surface area contributed by atoms with Gasteiger partial charge in [-0.3, -0.25) is 9.88 Å². The van der Waals surface area contributed by atoms with Crippen LogP contribution in [0.1, 0.15) is 23.2 Å². The van der Waals surface area contributed by atoms with Crippen molar-refractivity contribution in [3.05, 3.63) is 65.5 Å². The van der Waals surface area contributed by atoms with Gasteiger partial charge in [0.25, 0.3) is 0 Å². The molecule has 0 bridgehead atoms. The SMILES string of the molecule is Cc1cc(CN(Cc2ccccc2)C2(CO)CCOC2)ccn1. The quantitative estimate of drug-likeness (QED) is 0.890. The fourth-order valence-electron chi connectivity index (χ4n) is 3.19. The molecule has 1 N–H and O–H groups in total. The second-order valence-electron chi connectivity index (χ2n) is 6.33. The molecule has 1 aromatic carbocycles. The lowest BCUT2D eigenvalue weighted by atomic mass is 9.95. The maximum absolute atomic E-state index is 10.1. The van der Waals surface area contributed by atoms with Gasteiger partial charge in [-0.15, -0.1) is 0 Å². The third-order valence-electron chi connectivity index (χ3n) is 4.60. The minimum Gasteiger partial charge on any atom is -0.394 e. The number of hydrogen-bond donors (Lipinski definition) is 1. The molecule has 2 heterocycles. The molecule has 1 fully saturated rings. The van der Waals surface area contributed by atoms with Crippen molar-refractivity contribution in [1.29, 1.82) is 0 Å². The van der Waals surface area contributed by atoms with E-state index in [2.05, 4.69) is 40.2 Å². The van der Waals surface area contributed by atoms with Gasteiger partial charge in [-0.25, -0.2) is 0 Å². The van der Waals surface area contributed by atoms with Crippen LogP contribution in [0.15, 0.2) is 48.7 Å². The van der Waals surface area contributed by atoms with Crippen molar-refractivity contribution in [3.63, 3.8) is 0 Å². The number of aliphatic hydroxyl groups is 1. The average molecular weight is 312 g/mol. The van der Waals surface area contributed by atoms with Gasteiger partial charge in [0, 0.05) is 31.6 Å². The van der Waals surface area contributed by atoms with Gasteiger partial charge in [-0.2, -0.15) is 0 Å². The van der Waals surface area contributed by atoms with Gasteiger partial charge in [0.05, 0.1) is 18.8 Å². The third-order valence-corrected chi connectivity index (χ3v) is 4.60. The number of aromatic nitrogens is 1. The molecule has 0 saturated carbocycles. The number of aliphatic hydroxyl groups excluding tert-OH is 1. The van der Waals surface area contributed by atoms with Crippen molar-refractivity contribution >= 4 is 0 Å². The third kappa shape index (κ3) is 3.78. The predicted octanol–water partition coefficient (Wildman–Crippen LogP) is 2.54. The van der Waals surface area contributed by atoms with E-state index < -0.39 is 0 Å². The summed E-state index contributed by atoms with van der Waals surface area (Å²) in [5.41, 5.74) is 3.18. The lowest BCUT2D eigenvalue weighted by Crippen LogP contribution is -2.51. The van der Waals surface area contributed by atoms with Crippen LogP contribution in [0.25, 0.3) is 0 Å². The Morgan fingerprint density at radius 3 is 2.61 bits per heavy atom. The second kappa shape index (κ2) is 7.21. The molecule has 0 radical (unpaired) electrons. The number of aryl methyl sites for hydroxylation is 1. The van der Waals surface area contributed by atoms with Gasteiger partial charge in [-0.05, 0) is 36.6 Å². The average Bonchev–Trinajstić information content (AvgIpc) is 3.05. The fraction of sp³-hybridized carbons (Fsp3) is 0.421. The van der Waals surface area contributed by atoms with Crippen molar-refractivity contribution in [2.24, 2.45) is 0 Å². The van der Waals surface area contributed by atoms with E-state index in [0.29, 0.717) is 13.2 Å². The molecule has 1 unspecified atom stereocenters. The van der Waals surface area contributed by atoms with Crippen molar-refractivity contribution in [3.8, 4) is 0 Å². The zero-order chi connectivity index (χ0) is 16.1. The molecule has 23 heavy (non-hydrogen) atoms. The Morgan fingerprint density at radius 1 is 1.17 bits per heavy atom. The zero-order valence-corrected chi connectivity index (χ0v) is 13.6. The number of ether oxygens (including phenoxy) is 1. The van der Waals surface area contributed by atoms with Gasteiger partial charge < -0.3 is 9.84 Å². The first-order valence-corrected chi connectivity index (χ1v) is 8.11. The van der Waals surface area contributed by atoms with E-state index in [4.69, 9.17) is 4.74 Å². The van der Waals surface area contributed by atoms with Crippen molar-refractivity contribution in [2.45, 2.75) is 32.0 Å². The predicted molar refractivity (Wildman–Crippen MR) is 89.9 cm³/mol. The summed E-state index contributed by atoms with van der Waals surface area (Å²) in [6, 6.07) is 14.6. The summed E-state index contributed by atoms with van der Waals surface area (Å²) in [7, 11) is 0. The molecule has 4 nitrogen and oxygen atoms in total. The molecule has 0 aliphatic carbocycles. The van der Waals surface area contributed by atoms with Crippen LogP contribution in [0.4, 0.5) is 0 Å². The van der Waals surface area contributed by atoms with Crippen molar-refractivity contribution < 1.29 is 9.84 Å². The van der Waals surface area contributed by atoms with Crippen LogP contribution in [0.5, 0.6) is 0 Å². The highest BCUT2D eigenvalue weighted by molar-refractivity contribution is 5.19. The number of rotatable bonds is 6. The van der Waals surface area contributed by atoms with E-state index in [-0.39, 0.29) is 12.1 Å². The normalized spacial score (nSPS) is 21.0. The Morgan fingerprint density at radius 2 is 1.96 bits per heavy atom. The molecule has 1 atom stereocenters. The van der Waals surface area contributed by atoms with Gasteiger partial charge in [-0.1, -0.05) is 30.3 Å². The van der Waals surface area contributed by atoms with Gasteiger partial charge in [0.15, 0.2) is 0 Å². The largest absolute Gasteiger partial charge is 0.394 e. The number of benzene rings is 1. The molecule has 4 heteroatoms. The molecule has 1 aromatic heterocycles. The van der Waals surface area contributed by atoms with Gasteiger partial charge >= 0.3 is 0 Å². The molecule has 2 aromatic rings. The van der Waals surface area contributed by atoms with Crippen LogP contribution in [0, 0.1) is 6.92 Å². The van der Waals surface area contributed by atoms with Crippen LogP contribution in [0.3, 0.4) is 0 Å². The summed E-state index contributed by atoms with van der Waals surface area (Å²) in [6.07, 6.45) is 2.71. The first-order valence-electron chi connectivity index (χ1n) is 8.11. The standard InChI is InChI=1S/C19H24N2O2/c1-16-11-18(7-9-20-16)13-21(12-17-5-3-2-4-6-17)19(14-22)8-10-23-15-19/h2-7,9,11,22H,8,10,12-15H2,1H3. The first kappa shape index (κ1) is 16.1. The Balaban J connectivity index is 1.86. The lowest BCUT2D eigenvalue weighted by Gasteiger charge is -2.39. The highest BCUT2D eigenvalue weighted by atomic mass is 16.5. The molecule has 3 rings (SSSR count). The minimum absolute atomic E-state index is 0.115. The number of pyridine rings is 1. The Bertz CT molecular complexity index is 624. The van der Waals surface area contributed by atoms with E-state index in [9.17, 15) is 5.11 Å². The summed E-state index contributed by atoms with van der Waals surface area (Å²) >= 11 is 0. The Hall–Kier alpha value is -1.75. The monoisotopic (exact) mass is 312 g/mol. The molecule has 0 amide bonds. The van der Waals surface area contributed by atoms with E-state index in [0.717, 1.165) is 25.2 Å². The van der Waals surface area contributed by atoms with E-state index >= 15 is 0 Å². The highest BCUT2D eigenvalue weighted by Gasteiger charge is 2.40. The zero-order valence-electron chi connectivity index (χ0n) is 13.6. The molecule has 122 valence electrons. The fourth-order valence-corrected chi connectivity index (χ4v) is 3.19. The maximum atomic E-state index is 10.1.